The van der Waals surface area contributed by atoms with Crippen molar-refractivity contribution in [3.05, 3.63) is 64.7 Å². The predicted molar refractivity (Wildman–Crippen MR) is 121 cm³/mol. The zero-order chi connectivity index (χ0) is 21.9. The number of amides is 2. The average Bonchev–Trinajstić information content (AvgIpc) is 2.76. The molecule has 2 amide bonds. The van der Waals surface area contributed by atoms with Crippen LogP contribution in [0.3, 0.4) is 0 Å². The summed E-state index contributed by atoms with van der Waals surface area (Å²) in [5.41, 5.74) is 1.87. The molecule has 6 heteroatoms. The SMILES string of the molecule is CCCCNC(=O)[C@H](C)N(Cc1ccc(OC)cc1)C(=O)CCc1ccccc1Cl. The van der Waals surface area contributed by atoms with Crippen molar-refractivity contribution in [2.24, 2.45) is 0 Å². The predicted octanol–water partition coefficient (Wildman–Crippen LogP) is 4.61. The Kier molecular flexibility index (Phi) is 9.68. The molecule has 2 rings (SSSR count). The molecular formula is C24H31ClN2O3. The number of nitrogens with one attached hydrogen (secondary N) is 1. The van der Waals surface area contributed by atoms with E-state index in [2.05, 4.69) is 12.2 Å². The minimum atomic E-state index is -0.567. The molecule has 2 aromatic rings. The molecular weight excluding hydrogens is 400 g/mol. The zero-order valence-corrected chi connectivity index (χ0v) is 18.7. The molecule has 0 bridgehead atoms. The van der Waals surface area contributed by atoms with Crippen molar-refractivity contribution in [3.8, 4) is 5.75 Å². The van der Waals surface area contributed by atoms with E-state index in [-0.39, 0.29) is 18.2 Å². The lowest BCUT2D eigenvalue weighted by Gasteiger charge is -2.29. The normalized spacial score (nSPS) is 11.6. The van der Waals surface area contributed by atoms with Crippen LogP contribution in [0.15, 0.2) is 48.5 Å². The standard InChI is InChI=1S/C24H31ClN2O3/c1-4-5-16-26-24(29)18(2)27(17-19-10-13-21(30-3)14-11-19)23(28)15-12-20-8-6-7-9-22(20)25/h6-11,13-14,18H,4-5,12,15-17H2,1-3H3,(H,26,29)/t18-/m0/s1. The minimum Gasteiger partial charge on any atom is -0.497 e. The number of aryl methyl sites for hydroxylation is 1. The van der Waals surface area contributed by atoms with Crippen LogP contribution in [0, 0.1) is 0 Å². The van der Waals surface area contributed by atoms with Gasteiger partial charge in [-0.15, -0.1) is 0 Å². The van der Waals surface area contributed by atoms with E-state index >= 15 is 0 Å². The lowest BCUT2D eigenvalue weighted by atomic mass is 10.1. The van der Waals surface area contributed by atoms with Gasteiger partial charge >= 0.3 is 0 Å². The first kappa shape index (κ1) is 23.7. The highest BCUT2D eigenvalue weighted by Gasteiger charge is 2.25. The summed E-state index contributed by atoms with van der Waals surface area (Å²) < 4.78 is 5.20. The largest absolute Gasteiger partial charge is 0.497 e. The summed E-state index contributed by atoms with van der Waals surface area (Å²) in [4.78, 5) is 27.4. The van der Waals surface area contributed by atoms with Crippen LogP contribution in [0.25, 0.3) is 0 Å². The molecule has 0 saturated heterocycles. The van der Waals surface area contributed by atoms with E-state index in [1.807, 2.05) is 48.5 Å². The first-order valence-electron chi connectivity index (χ1n) is 10.4. The van der Waals surface area contributed by atoms with Crippen LogP contribution >= 0.6 is 11.6 Å². The highest BCUT2D eigenvalue weighted by molar-refractivity contribution is 6.31. The van der Waals surface area contributed by atoms with Gasteiger partial charge in [0.1, 0.15) is 11.8 Å². The molecule has 162 valence electrons. The van der Waals surface area contributed by atoms with Gasteiger partial charge in [0.2, 0.25) is 11.8 Å². The van der Waals surface area contributed by atoms with E-state index in [9.17, 15) is 9.59 Å². The number of ether oxygens (including phenoxy) is 1. The van der Waals surface area contributed by atoms with Crippen LogP contribution in [0.5, 0.6) is 5.75 Å². The number of benzene rings is 2. The maximum atomic E-state index is 13.1. The van der Waals surface area contributed by atoms with Gasteiger partial charge < -0.3 is 15.0 Å². The zero-order valence-electron chi connectivity index (χ0n) is 18.0. The Hall–Kier alpha value is -2.53. The van der Waals surface area contributed by atoms with E-state index in [0.717, 1.165) is 29.7 Å². The summed E-state index contributed by atoms with van der Waals surface area (Å²) in [7, 11) is 1.61. The van der Waals surface area contributed by atoms with Crippen LogP contribution in [-0.2, 0) is 22.6 Å². The van der Waals surface area contributed by atoms with Crippen LogP contribution in [0.1, 0.15) is 44.2 Å². The van der Waals surface area contributed by atoms with Gasteiger partial charge in [0.25, 0.3) is 0 Å². The molecule has 1 N–H and O–H groups in total. The highest BCUT2D eigenvalue weighted by Crippen LogP contribution is 2.19. The molecule has 0 aliphatic rings. The molecule has 1 atom stereocenters. The summed E-state index contributed by atoms with van der Waals surface area (Å²) in [5, 5.41) is 3.58. The second kappa shape index (κ2) is 12.2. The topological polar surface area (TPSA) is 58.6 Å². The Balaban J connectivity index is 2.12. The average molecular weight is 431 g/mol. The lowest BCUT2D eigenvalue weighted by Crippen LogP contribution is -2.47. The minimum absolute atomic E-state index is 0.0797. The number of nitrogens with zero attached hydrogens (tertiary/aromatic N) is 1. The Morgan fingerprint density at radius 3 is 2.47 bits per heavy atom. The van der Waals surface area contributed by atoms with Crippen LogP contribution in [0.2, 0.25) is 5.02 Å². The third kappa shape index (κ3) is 7.06. The van der Waals surface area contributed by atoms with Crippen molar-refractivity contribution >= 4 is 23.4 Å². The van der Waals surface area contributed by atoms with Crippen LogP contribution in [0.4, 0.5) is 0 Å². The van der Waals surface area contributed by atoms with Crippen molar-refractivity contribution in [3.63, 3.8) is 0 Å². The number of hydrogen-bond donors (Lipinski definition) is 1. The highest BCUT2D eigenvalue weighted by atomic mass is 35.5. The summed E-state index contributed by atoms with van der Waals surface area (Å²) in [6.07, 6.45) is 2.73. The number of methoxy groups -OCH3 is 1. The van der Waals surface area contributed by atoms with Crippen LogP contribution < -0.4 is 10.1 Å². The summed E-state index contributed by atoms with van der Waals surface area (Å²) in [6.45, 7) is 4.82. The van der Waals surface area contributed by atoms with Gasteiger partial charge in [-0.05, 0) is 49.1 Å². The second-order valence-electron chi connectivity index (χ2n) is 7.28. The summed E-state index contributed by atoms with van der Waals surface area (Å²) in [5.74, 6) is 0.535. The second-order valence-corrected chi connectivity index (χ2v) is 7.69. The van der Waals surface area contributed by atoms with E-state index in [1.165, 1.54) is 0 Å². The molecule has 30 heavy (non-hydrogen) atoms. The number of halogens is 1. The monoisotopic (exact) mass is 430 g/mol. The van der Waals surface area contributed by atoms with Gasteiger partial charge in [0.15, 0.2) is 0 Å². The third-order valence-corrected chi connectivity index (χ3v) is 5.44. The molecule has 0 unspecified atom stereocenters. The number of carbonyl (C=O) groups excluding carboxylic acids is 2. The van der Waals surface area contributed by atoms with E-state index in [0.29, 0.717) is 24.5 Å². The van der Waals surface area contributed by atoms with Crippen molar-refractivity contribution in [2.45, 2.75) is 52.1 Å². The number of rotatable bonds is 11. The van der Waals surface area contributed by atoms with E-state index in [4.69, 9.17) is 16.3 Å². The van der Waals surface area contributed by atoms with Crippen molar-refractivity contribution in [1.82, 2.24) is 10.2 Å². The first-order valence-corrected chi connectivity index (χ1v) is 10.8. The summed E-state index contributed by atoms with van der Waals surface area (Å²) in [6, 6.07) is 14.5. The van der Waals surface area contributed by atoms with Gasteiger partial charge in [-0.2, -0.15) is 0 Å². The fourth-order valence-electron chi connectivity index (χ4n) is 3.13. The summed E-state index contributed by atoms with van der Waals surface area (Å²) >= 11 is 6.23. The third-order valence-electron chi connectivity index (χ3n) is 5.07. The molecule has 0 spiro atoms. The number of unbranched alkanes of at least 4 members (excludes halogenated alkanes) is 1. The quantitative estimate of drug-likeness (QED) is 0.529. The Labute approximate surface area is 184 Å². The molecule has 0 radical (unpaired) electrons. The van der Waals surface area contributed by atoms with Gasteiger partial charge in [0.05, 0.1) is 7.11 Å². The fourth-order valence-corrected chi connectivity index (χ4v) is 3.36. The van der Waals surface area contributed by atoms with Gasteiger partial charge in [-0.1, -0.05) is 55.3 Å². The molecule has 0 fully saturated rings. The Morgan fingerprint density at radius 2 is 1.83 bits per heavy atom. The van der Waals surface area contributed by atoms with Gasteiger partial charge in [0, 0.05) is 24.5 Å². The van der Waals surface area contributed by atoms with Gasteiger partial charge in [-0.25, -0.2) is 0 Å². The molecule has 0 saturated carbocycles. The molecule has 0 aromatic heterocycles. The molecule has 0 heterocycles. The number of hydrogen-bond acceptors (Lipinski definition) is 3. The molecule has 0 aliphatic carbocycles. The van der Waals surface area contributed by atoms with Crippen LogP contribution in [-0.4, -0.2) is 36.4 Å². The van der Waals surface area contributed by atoms with Crippen molar-refractivity contribution in [1.29, 1.82) is 0 Å². The number of carbonyl (C=O) groups is 2. The lowest BCUT2D eigenvalue weighted by molar-refractivity contribution is -0.140. The fraction of sp³-hybridized carbons (Fsp3) is 0.417. The Morgan fingerprint density at radius 1 is 1.13 bits per heavy atom. The van der Waals surface area contributed by atoms with E-state index in [1.54, 1.807) is 18.9 Å². The maximum absolute atomic E-state index is 13.1. The van der Waals surface area contributed by atoms with Crippen molar-refractivity contribution in [2.75, 3.05) is 13.7 Å². The maximum Gasteiger partial charge on any atom is 0.242 e. The molecule has 0 aliphatic heterocycles. The smallest absolute Gasteiger partial charge is 0.242 e. The molecule has 5 nitrogen and oxygen atoms in total. The van der Waals surface area contributed by atoms with Gasteiger partial charge in [-0.3, -0.25) is 9.59 Å². The molecule has 2 aromatic carbocycles. The van der Waals surface area contributed by atoms with Crippen molar-refractivity contribution < 1.29 is 14.3 Å². The van der Waals surface area contributed by atoms with E-state index < -0.39 is 6.04 Å². The first-order chi connectivity index (χ1) is 14.5. The Bertz CT molecular complexity index is 823.